The third-order valence-electron chi connectivity index (χ3n) is 3.06. The summed E-state index contributed by atoms with van der Waals surface area (Å²) in [7, 11) is 0. The molecule has 2 rings (SSSR count). The van der Waals surface area contributed by atoms with Gasteiger partial charge in [0.2, 0.25) is 0 Å². The molecule has 0 spiro atoms. The fourth-order valence-corrected chi connectivity index (χ4v) is 1.95. The second kappa shape index (κ2) is 8.46. The Bertz CT molecular complexity index is 416. The number of hydrogen-bond donors (Lipinski definition) is 0. The van der Waals surface area contributed by atoms with Crippen LogP contribution in [0.1, 0.15) is 43.7 Å². The second-order valence-electron chi connectivity index (χ2n) is 4.65. The van der Waals surface area contributed by atoms with Crippen LogP contribution in [0.3, 0.4) is 0 Å². The van der Waals surface area contributed by atoms with Crippen molar-refractivity contribution in [3.63, 3.8) is 0 Å². The summed E-state index contributed by atoms with van der Waals surface area (Å²) in [5.41, 5.74) is 2.18. The average molecular weight is 262 g/mol. The van der Waals surface area contributed by atoms with Crippen LogP contribution in [0.15, 0.2) is 24.3 Å². The lowest BCUT2D eigenvalue weighted by atomic mass is 10.1. The van der Waals surface area contributed by atoms with E-state index in [1.54, 1.807) is 0 Å². The summed E-state index contributed by atoms with van der Waals surface area (Å²) in [5, 5.41) is 0. The molecule has 1 aromatic rings. The highest BCUT2D eigenvalue weighted by Gasteiger charge is 2.07. The smallest absolute Gasteiger partial charge is 0.310 e. The van der Waals surface area contributed by atoms with E-state index in [0.717, 1.165) is 36.8 Å². The largest absolute Gasteiger partial charge is 0.466 e. The van der Waals surface area contributed by atoms with Gasteiger partial charge in [-0.2, -0.15) is 0 Å². The number of esters is 1. The maximum absolute atomic E-state index is 11.1. The van der Waals surface area contributed by atoms with E-state index in [-0.39, 0.29) is 5.97 Å². The summed E-state index contributed by atoms with van der Waals surface area (Å²) in [4.78, 5) is 21.4. The van der Waals surface area contributed by atoms with Crippen molar-refractivity contribution in [2.24, 2.45) is 0 Å². The molecule has 0 saturated heterocycles. The zero-order valence-corrected chi connectivity index (χ0v) is 11.8. The number of carbonyl (C=O) groups is 2. The number of benzene rings is 1. The molecule has 0 amide bonds. The van der Waals surface area contributed by atoms with Crippen LogP contribution in [-0.2, 0) is 20.7 Å². The number of carbonyl (C=O) groups excluding carboxylic acids is 2. The van der Waals surface area contributed by atoms with Crippen LogP contribution in [0.2, 0.25) is 0 Å². The molecule has 0 radical (unpaired) electrons. The maximum Gasteiger partial charge on any atom is 0.310 e. The van der Waals surface area contributed by atoms with Gasteiger partial charge in [0.15, 0.2) is 0 Å². The molecule has 0 aromatic heterocycles. The topological polar surface area (TPSA) is 43.4 Å². The van der Waals surface area contributed by atoms with Gasteiger partial charge in [0, 0.05) is 12.8 Å². The van der Waals surface area contributed by atoms with E-state index in [9.17, 15) is 9.59 Å². The van der Waals surface area contributed by atoms with Gasteiger partial charge < -0.3 is 4.74 Å². The highest BCUT2D eigenvalue weighted by Crippen LogP contribution is 2.11. The van der Waals surface area contributed by atoms with Crippen molar-refractivity contribution < 1.29 is 14.3 Å². The lowest BCUT2D eigenvalue weighted by Crippen LogP contribution is -2.08. The number of hydrogen-bond acceptors (Lipinski definition) is 3. The first-order valence-electron chi connectivity index (χ1n) is 6.85. The summed E-state index contributed by atoms with van der Waals surface area (Å²) in [5.74, 6) is 0.298. The van der Waals surface area contributed by atoms with Gasteiger partial charge in [0.05, 0.1) is 13.0 Å². The van der Waals surface area contributed by atoms with Crippen LogP contribution < -0.4 is 0 Å². The third-order valence-corrected chi connectivity index (χ3v) is 3.06. The Morgan fingerprint density at radius 2 is 1.84 bits per heavy atom. The van der Waals surface area contributed by atoms with Crippen LogP contribution in [0.25, 0.3) is 0 Å². The molecular formula is C16H22O3. The molecule has 3 heteroatoms. The molecule has 1 aliphatic carbocycles. The molecule has 0 heterocycles. The minimum Gasteiger partial charge on any atom is -0.466 e. The van der Waals surface area contributed by atoms with Crippen molar-refractivity contribution in [1.29, 1.82) is 0 Å². The fourth-order valence-electron chi connectivity index (χ4n) is 1.95. The van der Waals surface area contributed by atoms with Crippen LogP contribution in [0, 0.1) is 6.92 Å². The summed E-state index contributed by atoms with van der Waals surface area (Å²) >= 11 is 0. The zero-order chi connectivity index (χ0) is 14.1. The molecule has 1 aromatic carbocycles. The van der Waals surface area contributed by atoms with Crippen LogP contribution in [0.5, 0.6) is 0 Å². The molecule has 0 atom stereocenters. The van der Waals surface area contributed by atoms with Gasteiger partial charge in [-0.1, -0.05) is 24.3 Å². The molecule has 0 N–H and O–H groups in total. The monoisotopic (exact) mass is 262 g/mol. The van der Waals surface area contributed by atoms with Gasteiger partial charge in [-0.3, -0.25) is 9.59 Å². The lowest BCUT2D eigenvalue weighted by Gasteiger charge is -2.04. The highest BCUT2D eigenvalue weighted by molar-refractivity contribution is 5.80. The van der Waals surface area contributed by atoms with E-state index in [4.69, 9.17) is 4.74 Å². The van der Waals surface area contributed by atoms with Crippen molar-refractivity contribution in [1.82, 2.24) is 0 Å². The van der Waals surface area contributed by atoms with Crippen molar-refractivity contribution in [3.05, 3.63) is 35.4 Å². The predicted octanol–water partition coefficient (Wildman–Crippen LogP) is 3.23. The number of ketones is 1. The van der Waals surface area contributed by atoms with Crippen LogP contribution in [0.4, 0.5) is 0 Å². The quantitative estimate of drug-likeness (QED) is 0.785. The normalized spacial score (nSPS) is 13.7. The zero-order valence-electron chi connectivity index (χ0n) is 11.8. The molecule has 1 fully saturated rings. The van der Waals surface area contributed by atoms with E-state index >= 15 is 0 Å². The molecule has 19 heavy (non-hydrogen) atoms. The average Bonchev–Trinajstić information content (AvgIpc) is 2.84. The Kier molecular flexibility index (Phi) is 6.86. The second-order valence-corrected chi connectivity index (χ2v) is 4.65. The van der Waals surface area contributed by atoms with Crippen LogP contribution in [-0.4, -0.2) is 18.4 Å². The standard InChI is InChI=1S/C11H14O2.C5H8O/c1-3-13-11(12)8-10-7-5-4-6-9(10)2;6-5-3-1-2-4-5/h4-7H,3,8H2,1-2H3;1-4H2. The molecule has 1 saturated carbocycles. The lowest BCUT2D eigenvalue weighted by molar-refractivity contribution is -0.142. The van der Waals surface area contributed by atoms with Gasteiger partial charge in [-0.15, -0.1) is 0 Å². The van der Waals surface area contributed by atoms with Crippen molar-refractivity contribution in [2.75, 3.05) is 6.61 Å². The molecule has 1 aliphatic rings. The van der Waals surface area contributed by atoms with Gasteiger partial charge in [-0.05, 0) is 37.8 Å². The molecule has 104 valence electrons. The van der Waals surface area contributed by atoms with Crippen molar-refractivity contribution in [3.8, 4) is 0 Å². The number of Topliss-reactive ketones (excluding diaryl/α,β-unsaturated/α-hetero) is 1. The maximum atomic E-state index is 11.1. The van der Waals surface area contributed by atoms with Gasteiger partial charge >= 0.3 is 5.97 Å². The van der Waals surface area contributed by atoms with Gasteiger partial charge in [0.25, 0.3) is 0 Å². The summed E-state index contributed by atoms with van der Waals surface area (Å²) in [6.45, 7) is 4.26. The molecule has 3 nitrogen and oxygen atoms in total. The third kappa shape index (κ3) is 6.18. The van der Waals surface area contributed by atoms with E-state index in [2.05, 4.69) is 0 Å². The Morgan fingerprint density at radius 1 is 1.21 bits per heavy atom. The van der Waals surface area contributed by atoms with Crippen molar-refractivity contribution in [2.45, 2.75) is 46.0 Å². The number of ether oxygens (including phenoxy) is 1. The first-order valence-corrected chi connectivity index (χ1v) is 6.85. The fraction of sp³-hybridized carbons (Fsp3) is 0.500. The molecule has 0 unspecified atom stereocenters. The Balaban J connectivity index is 0.000000250. The SMILES string of the molecule is CCOC(=O)Cc1ccccc1C.O=C1CCCC1. The molecule has 0 bridgehead atoms. The van der Waals surface area contributed by atoms with E-state index in [0.29, 0.717) is 18.8 Å². The van der Waals surface area contributed by atoms with E-state index in [1.165, 1.54) is 0 Å². The number of rotatable bonds is 3. The number of aryl methyl sites for hydroxylation is 1. The first-order chi connectivity index (χ1) is 9.13. The van der Waals surface area contributed by atoms with E-state index < -0.39 is 0 Å². The predicted molar refractivity (Wildman–Crippen MR) is 75.0 cm³/mol. The minimum absolute atomic E-state index is 0.156. The Hall–Kier alpha value is -1.64. The molecular weight excluding hydrogens is 240 g/mol. The molecule has 0 aliphatic heterocycles. The van der Waals surface area contributed by atoms with Crippen LogP contribution >= 0.6 is 0 Å². The Morgan fingerprint density at radius 3 is 2.32 bits per heavy atom. The van der Waals surface area contributed by atoms with Gasteiger partial charge in [-0.25, -0.2) is 0 Å². The Labute approximate surface area is 115 Å². The summed E-state index contributed by atoms with van der Waals surface area (Å²) < 4.78 is 4.86. The highest BCUT2D eigenvalue weighted by atomic mass is 16.5. The van der Waals surface area contributed by atoms with Crippen molar-refractivity contribution >= 4 is 11.8 Å². The summed E-state index contributed by atoms with van der Waals surface area (Å²) in [6, 6.07) is 7.84. The van der Waals surface area contributed by atoms with E-state index in [1.807, 2.05) is 38.1 Å². The minimum atomic E-state index is -0.156. The first kappa shape index (κ1) is 15.4. The van der Waals surface area contributed by atoms with Gasteiger partial charge in [0.1, 0.15) is 5.78 Å². The summed E-state index contributed by atoms with van der Waals surface area (Å²) in [6.07, 6.45) is 4.35.